The Bertz CT molecular complexity index is 3260. The van der Waals surface area contributed by atoms with E-state index >= 15 is 0 Å². The number of hydrogen-bond donors (Lipinski definition) is 0. The minimum Gasteiger partial charge on any atom is -0.333 e. The van der Waals surface area contributed by atoms with Crippen molar-refractivity contribution < 1.29 is 0 Å². The lowest BCUT2D eigenvalue weighted by atomic mass is 9.86. The van der Waals surface area contributed by atoms with Crippen LogP contribution in [0.4, 0.5) is 11.4 Å². The first-order chi connectivity index (χ1) is 29.7. The zero-order chi connectivity index (χ0) is 39.6. The lowest BCUT2D eigenvalue weighted by molar-refractivity contribution is 0.745. The Balaban J connectivity index is 0.935. The number of aromatic nitrogens is 4. The van der Waals surface area contributed by atoms with E-state index in [4.69, 9.17) is 15.0 Å². The molecule has 0 saturated heterocycles. The molecular formula is C55H39N5. The molecule has 2 aromatic heterocycles. The number of benzene rings is 7. The van der Waals surface area contributed by atoms with Crippen molar-refractivity contribution in [3.8, 4) is 39.6 Å². The second kappa shape index (κ2) is 14.0. The largest absolute Gasteiger partial charge is 0.333 e. The number of rotatable bonds is 6. The fraction of sp³-hybridized carbons (Fsp3) is 0.0727. The third-order valence-electron chi connectivity index (χ3n) is 12.5. The van der Waals surface area contributed by atoms with Crippen molar-refractivity contribution in [2.45, 2.75) is 24.3 Å². The lowest BCUT2D eigenvalue weighted by Gasteiger charge is -2.28. The van der Waals surface area contributed by atoms with E-state index in [1.807, 2.05) is 18.2 Å². The van der Waals surface area contributed by atoms with Gasteiger partial charge in [-0.25, -0.2) is 4.98 Å². The predicted octanol–water partition coefficient (Wildman–Crippen LogP) is 13.5. The molecule has 7 aromatic carbocycles. The molecule has 0 spiro atoms. The van der Waals surface area contributed by atoms with Crippen LogP contribution in [0, 0.1) is 0 Å². The molecule has 0 saturated carbocycles. The molecule has 0 bridgehead atoms. The second-order valence-corrected chi connectivity index (χ2v) is 15.9. The van der Waals surface area contributed by atoms with Crippen LogP contribution in [0.25, 0.3) is 72.2 Å². The molecule has 5 nitrogen and oxygen atoms in total. The fourth-order valence-electron chi connectivity index (χ4n) is 9.63. The Morgan fingerprint density at radius 3 is 2.07 bits per heavy atom. The number of fused-ring (bicyclic) bond motifs is 7. The molecular weight excluding hydrogens is 731 g/mol. The van der Waals surface area contributed by atoms with Gasteiger partial charge >= 0.3 is 0 Å². The summed E-state index contributed by atoms with van der Waals surface area (Å²) in [6.45, 7) is 0. The van der Waals surface area contributed by atoms with E-state index in [2.05, 4.69) is 198 Å². The Morgan fingerprint density at radius 2 is 1.22 bits per heavy atom. The van der Waals surface area contributed by atoms with E-state index < -0.39 is 0 Å². The summed E-state index contributed by atoms with van der Waals surface area (Å²) in [5.41, 5.74) is 11.9. The highest BCUT2D eigenvalue weighted by atomic mass is 15.2. The van der Waals surface area contributed by atoms with Crippen molar-refractivity contribution in [2.75, 3.05) is 4.90 Å². The SMILES string of the molecule is C1=CCC(c2nc(-c3ccccc3)nc(-n3c4ccccc4c4cc(-c5ccc6cc(-c7cccc8c7C7C=CC=CC7N8c7ccccc7)ccc6c5)ccc43)n2)C=C1. The van der Waals surface area contributed by atoms with Crippen LogP contribution >= 0.6 is 0 Å². The van der Waals surface area contributed by atoms with Gasteiger partial charge in [0, 0.05) is 39.5 Å². The number of anilines is 2. The van der Waals surface area contributed by atoms with Crippen molar-refractivity contribution in [2.24, 2.45) is 0 Å². The average Bonchev–Trinajstić information content (AvgIpc) is 3.85. The summed E-state index contributed by atoms with van der Waals surface area (Å²) in [6, 6.07) is 57.2. The maximum Gasteiger partial charge on any atom is 0.238 e. The molecule has 60 heavy (non-hydrogen) atoms. The van der Waals surface area contributed by atoms with Gasteiger partial charge in [0.2, 0.25) is 5.95 Å². The smallest absolute Gasteiger partial charge is 0.238 e. The molecule has 3 unspecified atom stereocenters. The maximum absolute atomic E-state index is 5.17. The van der Waals surface area contributed by atoms with Crippen LogP contribution in [0.15, 0.2) is 206 Å². The zero-order valence-corrected chi connectivity index (χ0v) is 32.8. The summed E-state index contributed by atoms with van der Waals surface area (Å²) < 4.78 is 2.21. The summed E-state index contributed by atoms with van der Waals surface area (Å²) in [4.78, 5) is 17.8. The van der Waals surface area contributed by atoms with Gasteiger partial charge < -0.3 is 4.90 Å². The summed E-state index contributed by atoms with van der Waals surface area (Å²) in [5, 5.41) is 4.77. The first kappa shape index (κ1) is 34.4. The van der Waals surface area contributed by atoms with Gasteiger partial charge in [0.1, 0.15) is 5.82 Å². The normalized spacial score (nSPS) is 17.8. The van der Waals surface area contributed by atoms with Crippen LogP contribution in [-0.2, 0) is 0 Å². The Hall–Kier alpha value is -7.63. The molecule has 0 N–H and O–H groups in total. The summed E-state index contributed by atoms with van der Waals surface area (Å²) in [6.07, 6.45) is 18.5. The Morgan fingerprint density at radius 1 is 0.500 bits per heavy atom. The van der Waals surface area contributed by atoms with Gasteiger partial charge in [0.05, 0.1) is 17.1 Å². The molecule has 1 aliphatic heterocycles. The first-order valence-corrected chi connectivity index (χ1v) is 20.8. The van der Waals surface area contributed by atoms with Gasteiger partial charge in [-0.2, -0.15) is 9.97 Å². The zero-order valence-electron chi connectivity index (χ0n) is 32.8. The Kier molecular flexibility index (Phi) is 8.05. The predicted molar refractivity (Wildman–Crippen MR) is 247 cm³/mol. The van der Waals surface area contributed by atoms with E-state index in [0.29, 0.717) is 11.8 Å². The topological polar surface area (TPSA) is 46.8 Å². The third-order valence-corrected chi connectivity index (χ3v) is 12.5. The van der Waals surface area contributed by atoms with Crippen molar-refractivity contribution in [3.05, 3.63) is 218 Å². The quantitative estimate of drug-likeness (QED) is 0.169. The second-order valence-electron chi connectivity index (χ2n) is 15.9. The van der Waals surface area contributed by atoms with Crippen LogP contribution < -0.4 is 4.90 Å². The third kappa shape index (κ3) is 5.65. The van der Waals surface area contributed by atoms with Gasteiger partial charge in [-0.05, 0) is 93.5 Å². The standard InChI is InChI=1S/C55H39N5/c1-4-15-36(16-5-1)53-56-54(37-17-6-2-7-18-37)58-55(57-53)60-48-24-12-10-21-45(48)47-35-41(31-32-50(47)60)39-27-28-40-34-42(30-29-38(40)33-39)44-23-14-26-51-52(44)46-22-11-13-25-49(46)59(51)43-19-8-3-9-20-43/h1-17,19-35,37,46,49H,18H2. The average molecular weight is 770 g/mol. The molecule has 3 atom stereocenters. The van der Waals surface area contributed by atoms with Gasteiger partial charge in [-0.3, -0.25) is 4.57 Å². The highest BCUT2D eigenvalue weighted by molar-refractivity contribution is 6.10. The van der Waals surface area contributed by atoms with Crippen LogP contribution in [0.2, 0.25) is 0 Å². The molecule has 284 valence electrons. The minimum atomic E-state index is 0.0835. The monoisotopic (exact) mass is 769 g/mol. The molecule has 5 heteroatoms. The minimum absolute atomic E-state index is 0.0835. The van der Waals surface area contributed by atoms with E-state index in [1.54, 1.807) is 0 Å². The van der Waals surface area contributed by atoms with Crippen molar-refractivity contribution in [1.29, 1.82) is 0 Å². The molecule has 0 radical (unpaired) electrons. The van der Waals surface area contributed by atoms with Gasteiger partial charge in [-0.1, -0.05) is 158 Å². The van der Waals surface area contributed by atoms with E-state index in [-0.39, 0.29) is 17.9 Å². The summed E-state index contributed by atoms with van der Waals surface area (Å²) >= 11 is 0. The maximum atomic E-state index is 5.17. The summed E-state index contributed by atoms with van der Waals surface area (Å²) in [7, 11) is 0. The van der Waals surface area contributed by atoms with Crippen LogP contribution in [-0.4, -0.2) is 25.6 Å². The Labute approximate surface area is 348 Å². The molecule has 0 fully saturated rings. The summed E-state index contributed by atoms with van der Waals surface area (Å²) in [5.74, 6) is 2.45. The fourth-order valence-corrected chi connectivity index (χ4v) is 9.63. The van der Waals surface area contributed by atoms with Gasteiger partial charge in [0.25, 0.3) is 0 Å². The van der Waals surface area contributed by atoms with Crippen molar-refractivity contribution in [3.63, 3.8) is 0 Å². The van der Waals surface area contributed by atoms with E-state index in [1.165, 1.54) is 50.0 Å². The highest BCUT2D eigenvalue weighted by Gasteiger charge is 2.39. The van der Waals surface area contributed by atoms with E-state index in [0.717, 1.165) is 39.6 Å². The van der Waals surface area contributed by atoms with Crippen molar-refractivity contribution in [1.82, 2.24) is 19.5 Å². The highest BCUT2D eigenvalue weighted by Crippen LogP contribution is 2.51. The molecule has 3 heterocycles. The molecule has 0 amide bonds. The lowest BCUT2D eigenvalue weighted by Crippen LogP contribution is -2.28. The number of para-hydroxylation sites is 2. The van der Waals surface area contributed by atoms with Gasteiger partial charge in [0.15, 0.2) is 5.82 Å². The van der Waals surface area contributed by atoms with Crippen molar-refractivity contribution >= 4 is 44.0 Å². The molecule has 12 rings (SSSR count). The molecule has 9 aromatic rings. The van der Waals surface area contributed by atoms with Gasteiger partial charge in [-0.15, -0.1) is 0 Å². The van der Waals surface area contributed by atoms with E-state index in [9.17, 15) is 0 Å². The number of allylic oxidation sites excluding steroid dienone is 6. The molecule has 2 aliphatic carbocycles. The first-order valence-electron chi connectivity index (χ1n) is 20.8. The van der Waals surface area contributed by atoms with Crippen LogP contribution in [0.3, 0.4) is 0 Å². The van der Waals surface area contributed by atoms with Crippen LogP contribution in [0.1, 0.15) is 29.6 Å². The number of nitrogens with zero attached hydrogens (tertiary/aromatic N) is 5. The molecule has 3 aliphatic rings. The number of hydrogen-bond acceptors (Lipinski definition) is 4. The van der Waals surface area contributed by atoms with Crippen LogP contribution in [0.5, 0.6) is 0 Å².